The Morgan fingerprint density at radius 3 is 2.15 bits per heavy atom. The fraction of sp³-hybridized carbons (Fsp3) is 1.00. The van der Waals surface area contributed by atoms with Crippen LogP contribution in [-0.4, -0.2) is 55.0 Å². The highest BCUT2D eigenvalue weighted by Crippen LogP contribution is 2.42. The summed E-state index contributed by atoms with van der Waals surface area (Å²) in [7, 11) is 0. The van der Waals surface area contributed by atoms with Crippen molar-refractivity contribution in [2.24, 2.45) is 23.2 Å². The van der Waals surface area contributed by atoms with Crippen LogP contribution in [0.25, 0.3) is 0 Å². The highest BCUT2D eigenvalue weighted by molar-refractivity contribution is 4.91. The number of rotatable bonds is 8. The van der Waals surface area contributed by atoms with Crippen LogP contribution in [0.5, 0.6) is 0 Å². The van der Waals surface area contributed by atoms with E-state index < -0.39 is 11.8 Å². The second-order valence-electron chi connectivity index (χ2n) is 9.75. The lowest BCUT2D eigenvalue weighted by molar-refractivity contribution is -0.122. The average Bonchev–Trinajstić information content (AvgIpc) is 2.58. The van der Waals surface area contributed by atoms with Crippen molar-refractivity contribution >= 4 is 0 Å². The van der Waals surface area contributed by atoms with Gasteiger partial charge < -0.3 is 4.90 Å². The molecular formula is C22H42F2N2. The van der Waals surface area contributed by atoms with Crippen molar-refractivity contribution in [3.8, 4) is 0 Å². The standard InChI is InChI=1S/C22H42F2N2/c1-6-19(5)14-21(7-2)9-12-25(13-10-21)16-20-8-11-26(15-18(3)4)17-22(20,23)24/h18-20H,6-17H2,1-5H3. The molecule has 4 heteroatoms. The highest BCUT2D eigenvalue weighted by atomic mass is 19.3. The average molecular weight is 373 g/mol. The van der Waals surface area contributed by atoms with E-state index >= 15 is 0 Å². The minimum Gasteiger partial charge on any atom is -0.303 e. The predicted molar refractivity (Wildman–Crippen MR) is 107 cm³/mol. The molecular weight excluding hydrogens is 330 g/mol. The number of likely N-dealkylation sites (tertiary alicyclic amines) is 2. The molecule has 0 saturated carbocycles. The monoisotopic (exact) mass is 372 g/mol. The molecule has 2 rings (SSSR count). The van der Waals surface area contributed by atoms with Crippen molar-refractivity contribution in [2.45, 2.75) is 79.1 Å². The first-order valence-electron chi connectivity index (χ1n) is 11.0. The van der Waals surface area contributed by atoms with Gasteiger partial charge >= 0.3 is 0 Å². The van der Waals surface area contributed by atoms with Crippen molar-refractivity contribution in [1.29, 1.82) is 0 Å². The molecule has 2 aliphatic rings. The summed E-state index contributed by atoms with van der Waals surface area (Å²) in [6, 6.07) is 0. The summed E-state index contributed by atoms with van der Waals surface area (Å²) in [4.78, 5) is 4.30. The molecule has 0 spiro atoms. The number of hydrogen-bond acceptors (Lipinski definition) is 2. The van der Waals surface area contributed by atoms with Crippen molar-refractivity contribution < 1.29 is 8.78 Å². The zero-order valence-corrected chi connectivity index (χ0v) is 17.9. The summed E-state index contributed by atoms with van der Waals surface area (Å²) in [5.41, 5.74) is 0.453. The minimum atomic E-state index is -2.54. The topological polar surface area (TPSA) is 6.48 Å². The Morgan fingerprint density at radius 1 is 1.00 bits per heavy atom. The van der Waals surface area contributed by atoms with Crippen molar-refractivity contribution in [2.75, 3.05) is 39.3 Å². The van der Waals surface area contributed by atoms with Gasteiger partial charge in [-0.1, -0.05) is 47.5 Å². The lowest BCUT2D eigenvalue weighted by Gasteiger charge is -2.46. The van der Waals surface area contributed by atoms with Gasteiger partial charge in [0, 0.05) is 19.0 Å². The summed E-state index contributed by atoms with van der Waals surface area (Å²) in [5.74, 6) is -1.77. The zero-order chi connectivity index (χ0) is 19.4. The van der Waals surface area contributed by atoms with E-state index in [0.717, 1.165) is 32.1 Å². The predicted octanol–water partition coefficient (Wildman–Crippen LogP) is 5.53. The minimum absolute atomic E-state index is 0.0450. The molecule has 0 N–H and O–H groups in total. The second-order valence-corrected chi connectivity index (χ2v) is 9.75. The lowest BCUT2D eigenvalue weighted by atomic mass is 9.70. The van der Waals surface area contributed by atoms with E-state index in [0.29, 0.717) is 24.3 Å². The summed E-state index contributed by atoms with van der Waals surface area (Å²) in [6.45, 7) is 15.3. The van der Waals surface area contributed by atoms with Crippen molar-refractivity contribution in [3.63, 3.8) is 0 Å². The quantitative estimate of drug-likeness (QED) is 0.553. The fourth-order valence-corrected chi connectivity index (χ4v) is 5.06. The van der Waals surface area contributed by atoms with Crippen LogP contribution in [0.15, 0.2) is 0 Å². The van der Waals surface area contributed by atoms with Gasteiger partial charge in [0.25, 0.3) is 5.92 Å². The lowest BCUT2D eigenvalue weighted by Crippen LogP contribution is -2.53. The number of halogens is 2. The first-order valence-corrected chi connectivity index (χ1v) is 11.0. The number of hydrogen-bond donors (Lipinski definition) is 0. The maximum Gasteiger partial charge on any atom is 0.264 e. The van der Waals surface area contributed by atoms with E-state index in [4.69, 9.17) is 0 Å². The van der Waals surface area contributed by atoms with Gasteiger partial charge in [0.1, 0.15) is 0 Å². The third-order valence-corrected chi connectivity index (χ3v) is 7.07. The molecule has 0 radical (unpaired) electrons. The summed E-state index contributed by atoms with van der Waals surface area (Å²) >= 11 is 0. The number of alkyl halides is 2. The van der Waals surface area contributed by atoms with Crippen LogP contribution in [0.4, 0.5) is 8.78 Å². The van der Waals surface area contributed by atoms with E-state index in [1.165, 1.54) is 32.1 Å². The smallest absolute Gasteiger partial charge is 0.264 e. The van der Waals surface area contributed by atoms with Gasteiger partial charge in [-0.3, -0.25) is 4.90 Å². The molecule has 2 atom stereocenters. The van der Waals surface area contributed by atoms with E-state index in [2.05, 4.69) is 39.5 Å². The Morgan fingerprint density at radius 2 is 1.65 bits per heavy atom. The molecule has 2 unspecified atom stereocenters. The van der Waals surface area contributed by atoms with Gasteiger partial charge in [-0.2, -0.15) is 0 Å². The Hall–Kier alpha value is -0.220. The van der Waals surface area contributed by atoms with E-state index in [9.17, 15) is 8.78 Å². The van der Waals surface area contributed by atoms with E-state index in [-0.39, 0.29) is 6.54 Å². The van der Waals surface area contributed by atoms with Gasteiger partial charge in [-0.05, 0) is 62.6 Å². The molecule has 2 saturated heterocycles. The number of piperidine rings is 2. The Labute approximate surface area is 160 Å². The van der Waals surface area contributed by atoms with Gasteiger partial charge in [0.05, 0.1) is 6.54 Å². The normalized spacial score (nSPS) is 28.4. The molecule has 26 heavy (non-hydrogen) atoms. The zero-order valence-electron chi connectivity index (χ0n) is 17.9. The molecule has 2 aliphatic heterocycles. The van der Waals surface area contributed by atoms with Crippen LogP contribution in [0.2, 0.25) is 0 Å². The second kappa shape index (κ2) is 9.32. The highest BCUT2D eigenvalue weighted by Gasteiger charge is 2.45. The molecule has 2 heterocycles. The maximum atomic E-state index is 14.7. The maximum absolute atomic E-state index is 14.7. The third kappa shape index (κ3) is 5.89. The summed E-state index contributed by atoms with van der Waals surface area (Å²) in [5, 5.41) is 0. The molecule has 0 aromatic heterocycles. The fourth-order valence-electron chi connectivity index (χ4n) is 5.06. The van der Waals surface area contributed by atoms with Crippen LogP contribution in [-0.2, 0) is 0 Å². The Balaban J connectivity index is 1.85. The SMILES string of the molecule is CCC(C)CC1(CC)CCN(CC2CCN(CC(C)C)CC2(F)F)CC1. The first-order chi connectivity index (χ1) is 12.2. The Kier molecular flexibility index (Phi) is 7.91. The molecule has 0 aliphatic carbocycles. The Bertz CT molecular complexity index is 416. The van der Waals surface area contributed by atoms with Crippen LogP contribution in [0, 0.1) is 23.2 Å². The molecule has 0 aromatic rings. The number of nitrogens with zero attached hydrogens (tertiary/aromatic N) is 2. The van der Waals surface area contributed by atoms with Crippen molar-refractivity contribution in [1.82, 2.24) is 9.80 Å². The van der Waals surface area contributed by atoms with Gasteiger partial charge in [-0.25, -0.2) is 8.78 Å². The van der Waals surface area contributed by atoms with Crippen LogP contribution >= 0.6 is 0 Å². The first kappa shape index (κ1) is 22.1. The molecule has 154 valence electrons. The summed E-state index contributed by atoms with van der Waals surface area (Å²) in [6.07, 6.45) is 6.79. The molecule has 0 aromatic carbocycles. The largest absolute Gasteiger partial charge is 0.303 e. The van der Waals surface area contributed by atoms with E-state index in [1.54, 1.807) is 0 Å². The molecule has 2 fully saturated rings. The molecule has 0 bridgehead atoms. The van der Waals surface area contributed by atoms with Gasteiger partial charge in [0.2, 0.25) is 0 Å². The van der Waals surface area contributed by atoms with Crippen molar-refractivity contribution in [3.05, 3.63) is 0 Å². The van der Waals surface area contributed by atoms with Crippen LogP contribution < -0.4 is 0 Å². The van der Waals surface area contributed by atoms with Crippen LogP contribution in [0.1, 0.15) is 73.1 Å². The van der Waals surface area contributed by atoms with Gasteiger partial charge in [0.15, 0.2) is 0 Å². The molecule has 0 amide bonds. The van der Waals surface area contributed by atoms with E-state index in [1.807, 2.05) is 4.90 Å². The molecule has 2 nitrogen and oxygen atoms in total. The van der Waals surface area contributed by atoms with Crippen LogP contribution in [0.3, 0.4) is 0 Å². The van der Waals surface area contributed by atoms with Gasteiger partial charge in [-0.15, -0.1) is 0 Å². The summed E-state index contributed by atoms with van der Waals surface area (Å²) < 4.78 is 29.4. The third-order valence-electron chi connectivity index (χ3n) is 7.07.